The second-order valence-electron chi connectivity index (χ2n) is 8.95. The Morgan fingerprint density at radius 2 is 1.86 bits per heavy atom. The lowest BCUT2D eigenvalue weighted by atomic mass is 9.95. The van der Waals surface area contributed by atoms with Crippen LogP contribution in [0.5, 0.6) is 0 Å². The second-order valence-corrected chi connectivity index (χ2v) is 8.95. The van der Waals surface area contributed by atoms with Gasteiger partial charge in [-0.3, -0.25) is 4.98 Å². The topological polar surface area (TPSA) is 85.0 Å². The number of para-hydroxylation sites is 1. The number of nitrogens with zero attached hydrogens (tertiary/aromatic N) is 1. The molecule has 0 bridgehead atoms. The van der Waals surface area contributed by atoms with E-state index < -0.39 is 0 Å². The maximum absolute atomic E-state index is 10.1. The van der Waals surface area contributed by atoms with Crippen LogP contribution in [0.2, 0.25) is 0 Å². The number of H-pyrrole nitrogens is 1. The molecule has 2 aromatic heterocycles. The molecule has 0 spiro atoms. The van der Waals surface area contributed by atoms with Gasteiger partial charge in [-0.2, -0.15) is 0 Å². The Hall–Kier alpha value is -4.13. The van der Waals surface area contributed by atoms with Gasteiger partial charge in [-0.15, -0.1) is 0 Å². The molecule has 2 atom stereocenters. The van der Waals surface area contributed by atoms with Crippen LogP contribution in [-0.2, 0) is 0 Å². The van der Waals surface area contributed by atoms with Crippen LogP contribution in [0.3, 0.4) is 0 Å². The number of fused-ring (bicyclic) bond motifs is 2. The molecule has 0 fully saturated rings. The smallest absolute Gasteiger partial charge is 0.0803 e. The standard InChI is InChI=1S/C29H27N5O/c1-18-24-14-21(10-11-26(24)34-33-18)25-15-22(32-27(17-35)19-6-3-2-4-7-19)16-31-29(25)23-9-5-8-20-12-13-30-28(20)23/h2-16,18,27,30,32-35H,17H2,1H3. The minimum atomic E-state index is -0.225. The first-order chi connectivity index (χ1) is 17.2. The summed E-state index contributed by atoms with van der Waals surface area (Å²) in [5, 5.41) is 14.7. The molecule has 0 radical (unpaired) electrons. The van der Waals surface area contributed by atoms with Crippen LogP contribution < -0.4 is 16.2 Å². The largest absolute Gasteiger partial charge is 0.394 e. The molecule has 1 aliphatic heterocycles. The van der Waals surface area contributed by atoms with Gasteiger partial charge in [0.1, 0.15) is 0 Å². The van der Waals surface area contributed by atoms with Crippen molar-refractivity contribution in [1.29, 1.82) is 0 Å². The quantitative estimate of drug-likeness (QED) is 0.213. The number of aliphatic hydroxyl groups excluding tert-OH is 1. The number of aromatic amines is 1. The zero-order valence-electron chi connectivity index (χ0n) is 19.4. The van der Waals surface area contributed by atoms with E-state index in [0.717, 1.165) is 50.2 Å². The number of anilines is 2. The minimum absolute atomic E-state index is 0.0173. The Bertz CT molecular complexity index is 1490. The van der Waals surface area contributed by atoms with Crippen molar-refractivity contribution in [2.75, 3.05) is 17.3 Å². The van der Waals surface area contributed by atoms with E-state index in [1.807, 2.05) is 42.7 Å². The molecular formula is C29H27N5O. The summed E-state index contributed by atoms with van der Waals surface area (Å²) >= 11 is 0. The highest BCUT2D eigenvalue weighted by molar-refractivity contribution is 5.97. The van der Waals surface area contributed by atoms with E-state index in [-0.39, 0.29) is 18.7 Å². The molecule has 6 nitrogen and oxygen atoms in total. The highest BCUT2D eigenvalue weighted by Gasteiger charge is 2.21. The summed E-state index contributed by atoms with van der Waals surface area (Å²) < 4.78 is 0. The maximum atomic E-state index is 10.1. The summed E-state index contributed by atoms with van der Waals surface area (Å²) in [5.74, 6) is 0. The summed E-state index contributed by atoms with van der Waals surface area (Å²) in [6.07, 6.45) is 3.81. The van der Waals surface area contributed by atoms with Crippen LogP contribution in [0.25, 0.3) is 33.3 Å². The van der Waals surface area contributed by atoms with Crippen molar-refractivity contribution in [3.63, 3.8) is 0 Å². The van der Waals surface area contributed by atoms with E-state index in [9.17, 15) is 5.11 Å². The Morgan fingerprint density at radius 3 is 2.71 bits per heavy atom. The lowest BCUT2D eigenvalue weighted by molar-refractivity contribution is 0.276. The van der Waals surface area contributed by atoms with E-state index in [0.29, 0.717) is 0 Å². The summed E-state index contributed by atoms with van der Waals surface area (Å²) in [6.45, 7) is 2.13. The van der Waals surface area contributed by atoms with E-state index in [2.05, 4.69) is 76.6 Å². The Labute approximate surface area is 204 Å². The predicted molar refractivity (Wildman–Crippen MR) is 142 cm³/mol. The normalized spacial score (nSPS) is 15.5. The van der Waals surface area contributed by atoms with Gasteiger partial charge >= 0.3 is 0 Å². The molecule has 0 saturated heterocycles. The zero-order valence-corrected chi connectivity index (χ0v) is 19.4. The average Bonchev–Trinajstić information content (AvgIpc) is 3.54. The summed E-state index contributed by atoms with van der Waals surface area (Å²) in [7, 11) is 0. The van der Waals surface area contributed by atoms with Crippen LogP contribution in [0.4, 0.5) is 11.4 Å². The molecule has 3 aromatic carbocycles. The highest BCUT2D eigenvalue weighted by atomic mass is 16.3. The fourth-order valence-electron chi connectivity index (χ4n) is 4.85. The van der Waals surface area contributed by atoms with Crippen molar-refractivity contribution in [2.24, 2.45) is 0 Å². The molecule has 6 rings (SSSR count). The predicted octanol–water partition coefficient (Wildman–Crippen LogP) is 6.03. The van der Waals surface area contributed by atoms with Gasteiger partial charge in [0.2, 0.25) is 0 Å². The first kappa shape index (κ1) is 21.4. The van der Waals surface area contributed by atoms with E-state index >= 15 is 0 Å². The summed E-state index contributed by atoms with van der Waals surface area (Å²) in [4.78, 5) is 8.34. The van der Waals surface area contributed by atoms with Gasteiger partial charge in [0.05, 0.1) is 47.5 Å². The van der Waals surface area contributed by atoms with Crippen LogP contribution in [0, 0.1) is 0 Å². The third-order valence-electron chi connectivity index (χ3n) is 6.71. The van der Waals surface area contributed by atoms with Crippen LogP contribution >= 0.6 is 0 Å². The molecule has 5 aromatic rings. The Morgan fingerprint density at radius 1 is 0.971 bits per heavy atom. The number of rotatable bonds is 6. The number of aromatic nitrogens is 2. The summed E-state index contributed by atoms with van der Waals surface area (Å²) in [6, 6.07) is 26.9. The highest BCUT2D eigenvalue weighted by Crippen LogP contribution is 2.39. The number of pyridine rings is 1. The third kappa shape index (κ3) is 3.93. The van der Waals surface area contributed by atoms with E-state index in [1.54, 1.807) is 0 Å². The van der Waals surface area contributed by atoms with Crippen LogP contribution in [0.1, 0.15) is 30.1 Å². The van der Waals surface area contributed by atoms with Crippen molar-refractivity contribution >= 4 is 22.3 Å². The second kappa shape index (κ2) is 8.91. The molecule has 3 heterocycles. The number of hydrogen-bond acceptors (Lipinski definition) is 5. The van der Waals surface area contributed by atoms with Gasteiger partial charge in [-0.25, -0.2) is 5.43 Å². The molecule has 0 amide bonds. The van der Waals surface area contributed by atoms with Crippen molar-refractivity contribution in [2.45, 2.75) is 19.0 Å². The van der Waals surface area contributed by atoms with E-state index in [4.69, 9.17) is 4.98 Å². The summed E-state index contributed by atoms with van der Waals surface area (Å²) in [5.41, 5.74) is 15.9. The number of benzene rings is 3. The number of hydrazine groups is 1. The van der Waals surface area contributed by atoms with Crippen LogP contribution in [-0.4, -0.2) is 21.7 Å². The Kier molecular flexibility index (Phi) is 5.45. The fraction of sp³-hybridized carbons (Fsp3) is 0.138. The van der Waals surface area contributed by atoms with Gasteiger partial charge in [0, 0.05) is 22.7 Å². The van der Waals surface area contributed by atoms with Gasteiger partial charge in [0.25, 0.3) is 0 Å². The SMILES string of the molecule is CC1NNc2ccc(-c3cc(NC(CO)c4ccccc4)cnc3-c3cccc4cc[nH]c34)cc21. The van der Waals surface area contributed by atoms with E-state index in [1.165, 1.54) is 5.56 Å². The minimum Gasteiger partial charge on any atom is -0.394 e. The first-order valence-corrected chi connectivity index (χ1v) is 11.9. The molecule has 2 unspecified atom stereocenters. The lowest BCUT2D eigenvalue weighted by Crippen LogP contribution is -2.15. The van der Waals surface area contributed by atoms with Crippen molar-refractivity contribution in [1.82, 2.24) is 15.4 Å². The molecule has 174 valence electrons. The van der Waals surface area contributed by atoms with Gasteiger partial charge < -0.3 is 20.8 Å². The number of nitrogens with one attached hydrogen (secondary N) is 4. The molecule has 35 heavy (non-hydrogen) atoms. The number of aliphatic hydroxyl groups is 1. The van der Waals surface area contributed by atoms with Crippen molar-refractivity contribution in [3.05, 3.63) is 102 Å². The Balaban J connectivity index is 1.48. The molecule has 0 saturated carbocycles. The van der Waals surface area contributed by atoms with Crippen LogP contribution in [0.15, 0.2) is 91.3 Å². The monoisotopic (exact) mass is 461 g/mol. The maximum Gasteiger partial charge on any atom is 0.0803 e. The number of hydrogen-bond donors (Lipinski definition) is 5. The molecular weight excluding hydrogens is 434 g/mol. The van der Waals surface area contributed by atoms with Crippen molar-refractivity contribution in [3.8, 4) is 22.4 Å². The first-order valence-electron chi connectivity index (χ1n) is 11.9. The molecule has 5 N–H and O–H groups in total. The molecule has 0 aliphatic carbocycles. The van der Waals surface area contributed by atoms with Gasteiger partial charge in [-0.1, -0.05) is 54.6 Å². The average molecular weight is 462 g/mol. The molecule has 1 aliphatic rings. The van der Waals surface area contributed by atoms with Gasteiger partial charge in [0.15, 0.2) is 0 Å². The fourth-order valence-corrected chi connectivity index (χ4v) is 4.85. The third-order valence-corrected chi connectivity index (χ3v) is 6.71. The zero-order chi connectivity index (χ0) is 23.8. The molecule has 6 heteroatoms. The van der Waals surface area contributed by atoms with Crippen molar-refractivity contribution < 1.29 is 5.11 Å². The lowest BCUT2D eigenvalue weighted by Gasteiger charge is -2.20. The van der Waals surface area contributed by atoms with Gasteiger partial charge in [-0.05, 0) is 47.9 Å².